The maximum absolute atomic E-state index is 12.8. The van der Waals surface area contributed by atoms with Gasteiger partial charge in [0.1, 0.15) is 5.75 Å². The molecular formula is C23H25N3O3. The van der Waals surface area contributed by atoms with Crippen LogP contribution in [0.3, 0.4) is 0 Å². The van der Waals surface area contributed by atoms with E-state index in [1.54, 1.807) is 38.3 Å². The molecular weight excluding hydrogens is 366 g/mol. The number of fused-ring (bicyclic) bond motifs is 1. The number of nitrogens with one attached hydrogen (secondary N) is 2. The second-order valence-electron chi connectivity index (χ2n) is 7.92. The Kier molecular flexibility index (Phi) is 5.55. The van der Waals surface area contributed by atoms with Crippen molar-refractivity contribution in [3.05, 3.63) is 65.4 Å². The SMILES string of the molecule is COc1ccc2cc(C(=O)Nc3ccc(C(=O)NC(C)(C)C)cc3)c(C)nc2c1. The molecule has 3 aromatic rings. The van der Waals surface area contributed by atoms with Gasteiger partial charge in [-0.3, -0.25) is 14.6 Å². The summed E-state index contributed by atoms with van der Waals surface area (Å²) in [7, 11) is 1.61. The van der Waals surface area contributed by atoms with E-state index in [4.69, 9.17) is 4.74 Å². The van der Waals surface area contributed by atoms with Gasteiger partial charge in [0.15, 0.2) is 0 Å². The topological polar surface area (TPSA) is 80.3 Å². The molecule has 29 heavy (non-hydrogen) atoms. The van der Waals surface area contributed by atoms with Gasteiger partial charge in [-0.25, -0.2) is 0 Å². The number of anilines is 1. The molecule has 1 aromatic heterocycles. The highest BCUT2D eigenvalue weighted by atomic mass is 16.5. The number of methoxy groups -OCH3 is 1. The summed E-state index contributed by atoms with van der Waals surface area (Å²) in [5, 5.41) is 6.63. The lowest BCUT2D eigenvalue weighted by Gasteiger charge is -2.20. The van der Waals surface area contributed by atoms with E-state index in [0.29, 0.717) is 22.5 Å². The number of ether oxygens (including phenoxy) is 1. The molecule has 0 fully saturated rings. The monoisotopic (exact) mass is 391 g/mol. The van der Waals surface area contributed by atoms with Gasteiger partial charge in [0.05, 0.1) is 23.9 Å². The lowest BCUT2D eigenvalue weighted by molar-refractivity contribution is 0.0919. The molecule has 3 rings (SSSR count). The fourth-order valence-electron chi connectivity index (χ4n) is 2.92. The van der Waals surface area contributed by atoms with E-state index < -0.39 is 0 Å². The van der Waals surface area contributed by atoms with Crippen molar-refractivity contribution >= 4 is 28.4 Å². The van der Waals surface area contributed by atoms with Gasteiger partial charge in [-0.05, 0) is 70.2 Å². The Balaban J connectivity index is 1.78. The molecule has 6 nitrogen and oxygen atoms in total. The molecule has 2 N–H and O–H groups in total. The Morgan fingerprint density at radius 1 is 0.966 bits per heavy atom. The Hall–Kier alpha value is -3.41. The number of aromatic nitrogens is 1. The zero-order chi connectivity index (χ0) is 21.2. The number of nitrogens with zero attached hydrogens (tertiary/aromatic N) is 1. The predicted molar refractivity (Wildman–Crippen MR) is 115 cm³/mol. The second kappa shape index (κ2) is 7.91. The lowest BCUT2D eigenvalue weighted by atomic mass is 10.1. The van der Waals surface area contributed by atoms with Crippen LogP contribution in [-0.4, -0.2) is 29.4 Å². The number of hydrogen-bond donors (Lipinski definition) is 2. The van der Waals surface area contributed by atoms with Crippen molar-refractivity contribution in [2.75, 3.05) is 12.4 Å². The van der Waals surface area contributed by atoms with Gasteiger partial charge in [0, 0.05) is 28.2 Å². The Bertz CT molecular complexity index is 1070. The molecule has 0 aliphatic rings. The highest BCUT2D eigenvalue weighted by Crippen LogP contribution is 2.22. The molecule has 2 aromatic carbocycles. The summed E-state index contributed by atoms with van der Waals surface area (Å²) >= 11 is 0. The van der Waals surface area contributed by atoms with E-state index in [2.05, 4.69) is 15.6 Å². The van der Waals surface area contributed by atoms with Crippen LogP contribution in [0.4, 0.5) is 5.69 Å². The number of rotatable bonds is 4. The second-order valence-corrected chi connectivity index (χ2v) is 7.92. The summed E-state index contributed by atoms with van der Waals surface area (Å²) in [4.78, 5) is 29.5. The molecule has 0 aliphatic carbocycles. The number of benzene rings is 2. The summed E-state index contributed by atoms with van der Waals surface area (Å²) < 4.78 is 5.22. The van der Waals surface area contributed by atoms with Crippen molar-refractivity contribution in [2.45, 2.75) is 33.2 Å². The largest absolute Gasteiger partial charge is 0.497 e. The highest BCUT2D eigenvalue weighted by molar-refractivity contribution is 6.07. The average Bonchev–Trinajstić information content (AvgIpc) is 2.66. The summed E-state index contributed by atoms with van der Waals surface area (Å²) in [5.41, 5.74) is 2.73. The van der Waals surface area contributed by atoms with Crippen molar-refractivity contribution < 1.29 is 14.3 Å². The molecule has 0 atom stereocenters. The smallest absolute Gasteiger partial charge is 0.257 e. The number of aryl methyl sites for hydroxylation is 1. The van der Waals surface area contributed by atoms with Crippen LogP contribution in [-0.2, 0) is 0 Å². The van der Waals surface area contributed by atoms with Crippen LogP contribution in [0.5, 0.6) is 5.75 Å². The van der Waals surface area contributed by atoms with Crippen LogP contribution in [0.2, 0.25) is 0 Å². The number of pyridine rings is 1. The summed E-state index contributed by atoms with van der Waals surface area (Å²) in [6, 6.07) is 14.2. The van der Waals surface area contributed by atoms with Crippen LogP contribution >= 0.6 is 0 Å². The molecule has 0 bridgehead atoms. The van der Waals surface area contributed by atoms with Crippen molar-refractivity contribution in [1.29, 1.82) is 0 Å². The van der Waals surface area contributed by atoms with Crippen molar-refractivity contribution in [1.82, 2.24) is 10.3 Å². The molecule has 0 saturated carbocycles. The third kappa shape index (κ3) is 4.90. The minimum atomic E-state index is -0.311. The third-order valence-corrected chi connectivity index (χ3v) is 4.35. The number of carbonyl (C=O) groups is 2. The van der Waals surface area contributed by atoms with Gasteiger partial charge < -0.3 is 15.4 Å². The van der Waals surface area contributed by atoms with Gasteiger partial charge in [-0.2, -0.15) is 0 Å². The quantitative estimate of drug-likeness (QED) is 0.694. The maximum atomic E-state index is 12.8. The van der Waals surface area contributed by atoms with E-state index in [1.807, 2.05) is 45.0 Å². The Morgan fingerprint density at radius 2 is 1.66 bits per heavy atom. The Labute approximate surface area is 170 Å². The van der Waals surface area contributed by atoms with Gasteiger partial charge in [0.25, 0.3) is 11.8 Å². The predicted octanol–water partition coefficient (Wildman–Crippen LogP) is 4.33. The van der Waals surface area contributed by atoms with Crippen molar-refractivity contribution in [2.24, 2.45) is 0 Å². The first-order valence-electron chi connectivity index (χ1n) is 9.35. The first-order valence-corrected chi connectivity index (χ1v) is 9.35. The third-order valence-electron chi connectivity index (χ3n) is 4.35. The number of amides is 2. The van der Waals surface area contributed by atoms with Crippen LogP contribution in [0.15, 0.2) is 48.5 Å². The first kappa shape index (κ1) is 20.3. The molecule has 0 radical (unpaired) electrons. The molecule has 0 spiro atoms. The summed E-state index contributed by atoms with van der Waals surface area (Å²) in [6.45, 7) is 7.58. The summed E-state index contributed by atoms with van der Waals surface area (Å²) in [5.74, 6) is 0.317. The van der Waals surface area contributed by atoms with E-state index in [-0.39, 0.29) is 17.4 Å². The van der Waals surface area contributed by atoms with Crippen molar-refractivity contribution in [3.63, 3.8) is 0 Å². The maximum Gasteiger partial charge on any atom is 0.257 e. The number of hydrogen-bond acceptors (Lipinski definition) is 4. The van der Waals surface area contributed by atoms with Gasteiger partial charge in [0.2, 0.25) is 0 Å². The number of carbonyl (C=O) groups excluding carboxylic acids is 2. The lowest BCUT2D eigenvalue weighted by Crippen LogP contribution is -2.40. The average molecular weight is 391 g/mol. The molecule has 150 valence electrons. The molecule has 2 amide bonds. The fourth-order valence-corrected chi connectivity index (χ4v) is 2.92. The van der Waals surface area contributed by atoms with Crippen molar-refractivity contribution in [3.8, 4) is 5.75 Å². The van der Waals surface area contributed by atoms with Crippen LogP contribution in [0.25, 0.3) is 10.9 Å². The fraction of sp³-hybridized carbons (Fsp3) is 0.261. The summed E-state index contributed by atoms with van der Waals surface area (Å²) in [6.07, 6.45) is 0. The molecule has 6 heteroatoms. The van der Waals surface area contributed by atoms with Gasteiger partial charge in [-0.1, -0.05) is 0 Å². The molecule has 0 aliphatic heterocycles. The molecule has 0 unspecified atom stereocenters. The highest BCUT2D eigenvalue weighted by Gasteiger charge is 2.16. The minimum Gasteiger partial charge on any atom is -0.497 e. The van der Waals surface area contributed by atoms with E-state index in [1.165, 1.54) is 0 Å². The standard InChI is InChI=1S/C23H25N3O3/c1-14-19(12-16-8-11-18(29-5)13-20(16)24-14)22(28)25-17-9-6-15(7-10-17)21(27)26-23(2,3)4/h6-13H,1-5H3,(H,25,28)(H,26,27). The molecule has 1 heterocycles. The van der Waals surface area contributed by atoms with Crippen LogP contribution in [0.1, 0.15) is 47.2 Å². The van der Waals surface area contributed by atoms with Crippen LogP contribution < -0.4 is 15.4 Å². The first-order chi connectivity index (χ1) is 13.7. The van der Waals surface area contributed by atoms with E-state index in [0.717, 1.165) is 16.7 Å². The van der Waals surface area contributed by atoms with E-state index >= 15 is 0 Å². The normalized spacial score (nSPS) is 11.2. The van der Waals surface area contributed by atoms with Gasteiger partial charge in [-0.15, -0.1) is 0 Å². The van der Waals surface area contributed by atoms with E-state index in [9.17, 15) is 9.59 Å². The zero-order valence-corrected chi connectivity index (χ0v) is 17.3. The van der Waals surface area contributed by atoms with Gasteiger partial charge >= 0.3 is 0 Å². The Morgan fingerprint density at radius 3 is 2.28 bits per heavy atom. The minimum absolute atomic E-state index is 0.152. The van der Waals surface area contributed by atoms with Crippen LogP contribution in [0, 0.1) is 6.92 Å². The zero-order valence-electron chi connectivity index (χ0n) is 17.3. The molecule has 0 saturated heterocycles.